The van der Waals surface area contributed by atoms with E-state index in [1.807, 2.05) is 6.92 Å². The summed E-state index contributed by atoms with van der Waals surface area (Å²) in [6, 6.07) is 7.80. The molecule has 4 heteroatoms. The van der Waals surface area contributed by atoms with Gasteiger partial charge in [0.05, 0.1) is 6.10 Å². The maximum absolute atomic E-state index is 14.8. The van der Waals surface area contributed by atoms with Gasteiger partial charge in [-0.15, -0.1) is 0 Å². The van der Waals surface area contributed by atoms with Crippen LogP contribution in [0.5, 0.6) is 5.75 Å². The molecule has 2 fully saturated rings. The lowest BCUT2D eigenvalue weighted by atomic mass is 9.72. The van der Waals surface area contributed by atoms with E-state index >= 15 is 0 Å². The van der Waals surface area contributed by atoms with Gasteiger partial charge in [-0.1, -0.05) is 83.3 Å². The second-order valence-corrected chi connectivity index (χ2v) is 14.9. The fourth-order valence-electron chi connectivity index (χ4n) is 6.60. The quantitative estimate of drug-likeness (QED) is 0.197. The topological polar surface area (TPSA) is 9.23 Å². The number of ether oxygens (including phenoxy) is 1. The maximum Gasteiger partial charge on any atom is 0.191 e. The molecule has 1 aromatic carbocycles. The zero-order valence-electron chi connectivity index (χ0n) is 22.2. The van der Waals surface area contributed by atoms with Crippen molar-refractivity contribution in [3.05, 3.63) is 29.3 Å². The molecule has 0 unspecified atom stereocenters. The molecule has 1 aliphatic carbocycles. The Hall–Kier alpha value is -0.903. The summed E-state index contributed by atoms with van der Waals surface area (Å²) in [6.07, 6.45) is 17.0. The molecule has 1 saturated carbocycles. The van der Waals surface area contributed by atoms with Gasteiger partial charge >= 0.3 is 0 Å². The van der Waals surface area contributed by atoms with E-state index in [9.17, 15) is 8.78 Å². The summed E-state index contributed by atoms with van der Waals surface area (Å²) in [7, 11) is -0.445. The van der Waals surface area contributed by atoms with Crippen LogP contribution in [0, 0.1) is 23.5 Å². The van der Waals surface area contributed by atoms with E-state index in [0.717, 1.165) is 49.5 Å². The number of hydrogen-bond acceptors (Lipinski definition) is 1. The van der Waals surface area contributed by atoms with Crippen molar-refractivity contribution in [1.29, 1.82) is 0 Å². The Morgan fingerprint density at radius 3 is 2.03 bits per heavy atom. The maximum atomic E-state index is 14.8. The third kappa shape index (κ3) is 8.35. The van der Waals surface area contributed by atoms with E-state index < -0.39 is 20.4 Å². The zero-order chi connectivity index (χ0) is 24.3. The molecule has 1 aromatic rings. The van der Waals surface area contributed by atoms with Crippen LogP contribution in [0.1, 0.15) is 122 Å². The first kappa shape index (κ1) is 27.7. The largest absolute Gasteiger partial charge is 0.485 e. The number of benzene rings is 1. The van der Waals surface area contributed by atoms with Crippen molar-refractivity contribution >= 4 is 8.80 Å². The minimum Gasteiger partial charge on any atom is -0.485 e. The van der Waals surface area contributed by atoms with E-state index in [1.54, 1.807) is 30.3 Å². The van der Waals surface area contributed by atoms with Crippen LogP contribution in [0.25, 0.3) is 0 Å². The van der Waals surface area contributed by atoms with Crippen molar-refractivity contribution in [1.82, 2.24) is 0 Å². The van der Waals surface area contributed by atoms with Gasteiger partial charge in [0.1, 0.15) is 0 Å². The number of unbranched alkanes of at least 4 members (excludes halogenated alkanes) is 5. The van der Waals surface area contributed by atoms with E-state index in [-0.39, 0.29) is 11.9 Å². The lowest BCUT2D eigenvalue weighted by molar-refractivity contribution is 0.187. The molecule has 0 spiro atoms. The Morgan fingerprint density at radius 2 is 1.41 bits per heavy atom. The molecule has 0 N–H and O–H groups in total. The summed E-state index contributed by atoms with van der Waals surface area (Å²) in [5, 5.41) is 0. The van der Waals surface area contributed by atoms with Crippen LogP contribution >= 0.6 is 0 Å². The molecular formula is C30H50F2OSi. The van der Waals surface area contributed by atoms with Gasteiger partial charge in [0, 0.05) is 8.80 Å². The smallest absolute Gasteiger partial charge is 0.191 e. The number of halogens is 2. The summed E-state index contributed by atoms with van der Waals surface area (Å²) in [5.74, 6) is 0.820. The van der Waals surface area contributed by atoms with E-state index in [1.165, 1.54) is 57.8 Å². The molecule has 0 amide bonds. The lowest BCUT2D eigenvalue weighted by Gasteiger charge is -2.37. The van der Waals surface area contributed by atoms with E-state index in [4.69, 9.17) is 4.74 Å². The van der Waals surface area contributed by atoms with Gasteiger partial charge in [0.25, 0.3) is 0 Å². The second kappa shape index (κ2) is 14.6. The molecule has 2 aliphatic rings. The van der Waals surface area contributed by atoms with Crippen LogP contribution in [0.4, 0.5) is 8.78 Å². The van der Waals surface area contributed by atoms with Crippen LogP contribution in [0.3, 0.4) is 0 Å². The van der Waals surface area contributed by atoms with Crippen molar-refractivity contribution in [2.75, 3.05) is 0 Å². The molecule has 0 bridgehead atoms. The van der Waals surface area contributed by atoms with E-state index in [2.05, 4.69) is 13.8 Å². The van der Waals surface area contributed by atoms with Crippen LogP contribution < -0.4 is 4.74 Å². The van der Waals surface area contributed by atoms with Gasteiger partial charge in [-0.3, -0.25) is 0 Å². The van der Waals surface area contributed by atoms with E-state index in [0.29, 0.717) is 5.92 Å². The average Bonchev–Trinajstić information content (AvgIpc) is 2.85. The highest BCUT2D eigenvalue weighted by molar-refractivity contribution is 6.58. The highest BCUT2D eigenvalue weighted by atomic mass is 28.3. The summed E-state index contributed by atoms with van der Waals surface area (Å²) in [4.78, 5) is 0. The van der Waals surface area contributed by atoms with Gasteiger partial charge in [0.2, 0.25) is 0 Å². The molecule has 194 valence electrons. The number of hydrogen-bond donors (Lipinski definition) is 0. The highest BCUT2D eigenvalue weighted by Crippen LogP contribution is 2.44. The third-order valence-corrected chi connectivity index (χ3v) is 12.3. The van der Waals surface area contributed by atoms with Crippen LogP contribution in [-0.4, -0.2) is 14.9 Å². The minimum atomic E-state index is -0.524. The zero-order valence-corrected chi connectivity index (χ0v) is 23.4. The van der Waals surface area contributed by atoms with Crippen LogP contribution in [0.15, 0.2) is 12.1 Å². The molecule has 0 aromatic heterocycles. The molecule has 1 atom stereocenters. The standard InChI is InChI=1S/C30H50F2OSi/c1-4-6-8-9-11-23(3)33-30-28(31)21-27(22-29(30)32)25-14-12-24(13-15-25)26-16-19-34(20-17-26)18-10-7-5-2/h21-26,34H,4-20H2,1-3H3/t23-,24-,25-,26-,34-/m1/s1. The van der Waals surface area contributed by atoms with Gasteiger partial charge in [0.15, 0.2) is 17.4 Å². The molecule has 1 saturated heterocycles. The average molecular weight is 493 g/mol. The van der Waals surface area contributed by atoms with Gasteiger partial charge in [-0.05, 0) is 80.9 Å². The first-order valence-electron chi connectivity index (χ1n) is 14.7. The fraction of sp³-hybridized carbons (Fsp3) is 0.800. The fourth-order valence-corrected chi connectivity index (χ4v) is 10.1. The highest BCUT2D eigenvalue weighted by Gasteiger charge is 2.32. The monoisotopic (exact) mass is 492 g/mol. The van der Waals surface area contributed by atoms with Crippen molar-refractivity contribution in [2.24, 2.45) is 11.8 Å². The molecule has 1 heterocycles. The summed E-state index contributed by atoms with van der Waals surface area (Å²) in [6.45, 7) is 6.40. The first-order valence-corrected chi connectivity index (χ1v) is 17.1. The Labute approximate surface area is 210 Å². The molecular weight excluding hydrogens is 442 g/mol. The lowest BCUT2D eigenvalue weighted by Crippen LogP contribution is -2.28. The van der Waals surface area contributed by atoms with Crippen LogP contribution in [0.2, 0.25) is 18.1 Å². The third-order valence-electron chi connectivity index (χ3n) is 8.82. The van der Waals surface area contributed by atoms with Crippen molar-refractivity contribution < 1.29 is 13.5 Å². The molecule has 1 aliphatic heterocycles. The Morgan fingerprint density at radius 1 is 0.824 bits per heavy atom. The van der Waals surface area contributed by atoms with Crippen molar-refractivity contribution in [3.63, 3.8) is 0 Å². The second-order valence-electron chi connectivity index (χ2n) is 11.5. The molecule has 0 radical (unpaired) electrons. The molecule has 1 nitrogen and oxygen atoms in total. The van der Waals surface area contributed by atoms with Gasteiger partial charge < -0.3 is 4.74 Å². The predicted molar refractivity (Wildman–Crippen MR) is 144 cm³/mol. The first-order chi connectivity index (χ1) is 16.5. The summed E-state index contributed by atoms with van der Waals surface area (Å²) in [5.41, 5.74) is 0.837. The van der Waals surface area contributed by atoms with Gasteiger partial charge in [-0.25, -0.2) is 8.78 Å². The normalized spacial score (nSPS) is 26.4. The Bertz CT molecular complexity index is 685. The Kier molecular flexibility index (Phi) is 11.9. The van der Waals surface area contributed by atoms with Crippen molar-refractivity contribution in [3.8, 4) is 5.75 Å². The summed E-state index contributed by atoms with van der Waals surface area (Å²) < 4.78 is 35.3. The summed E-state index contributed by atoms with van der Waals surface area (Å²) >= 11 is 0. The van der Waals surface area contributed by atoms with Gasteiger partial charge in [-0.2, -0.15) is 0 Å². The predicted octanol–water partition coefficient (Wildman–Crippen LogP) is 9.80. The minimum absolute atomic E-state index is 0.160. The molecule has 34 heavy (non-hydrogen) atoms. The SMILES string of the molecule is CCCCCC[C@@H](C)Oc1c(F)cc([C@H]2CC[C@H]([C@H]3CC[Si@H](CCCCC)CC3)CC2)cc1F. The van der Waals surface area contributed by atoms with Crippen molar-refractivity contribution in [2.45, 2.75) is 141 Å². The Balaban J connectivity index is 1.45. The van der Waals surface area contributed by atoms with Crippen LogP contribution in [-0.2, 0) is 0 Å². The molecule has 3 rings (SSSR count). The number of rotatable bonds is 13.